The van der Waals surface area contributed by atoms with Crippen molar-refractivity contribution in [2.45, 2.75) is 46.2 Å². The minimum Gasteiger partial charge on any atom is -0.0622 e. The first-order valence-corrected chi connectivity index (χ1v) is 6.05. The van der Waals surface area contributed by atoms with Crippen LogP contribution in [0.15, 0.2) is 42.5 Å². The maximum Gasteiger partial charge on any atom is 0.0236 e. The Morgan fingerprint density at radius 2 is 1.32 bits per heavy atom. The predicted octanol–water partition coefficient (Wildman–Crippen LogP) is 5.91. The van der Waals surface area contributed by atoms with Crippen LogP contribution in [0.25, 0.3) is 11.1 Å². The number of hydrogen-bond donors (Lipinski definition) is 0. The normalized spacial score (nSPS) is 23.3. The van der Waals surface area contributed by atoms with Crippen molar-refractivity contribution in [1.29, 1.82) is 0 Å². The van der Waals surface area contributed by atoms with Crippen LogP contribution in [0.4, 0.5) is 0 Å². The van der Waals surface area contributed by atoms with Gasteiger partial charge in [0.15, 0.2) is 0 Å². The van der Waals surface area contributed by atoms with Gasteiger partial charge in [-0.3, -0.25) is 0 Å². The lowest BCUT2D eigenvalue weighted by Crippen LogP contribution is -2.00. The van der Waals surface area contributed by atoms with Gasteiger partial charge in [-0.2, -0.15) is 0 Å². The molecule has 0 saturated carbocycles. The molecule has 19 heavy (non-hydrogen) atoms. The summed E-state index contributed by atoms with van der Waals surface area (Å²) in [5, 5.41) is 0. The van der Waals surface area contributed by atoms with Crippen molar-refractivity contribution < 1.29 is 16.4 Å². The molecule has 0 nitrogen and oxygen atoms in total. The van der Waals surface area contributed by atoms with Gasteiger partial charge in [-0.05, 0) is 46.6 Å². The molecule has 0 heteroatoms. The van der Waals surface area contributed by atoms with Gasteiger partial charge in [0.25, 0.3) is 0 Å². The first-order chi connectivity index (χ1) is 13.8. The first kappa shape index (κ1) is 5.09. The van der Waals surface area contributed by atoms with Gasteiger partial charge in [0, 0.05) is 16.4 Å². The Hall–Kier alpha value is -1.56. The van der Waals surface area contributed by atoms with Crippen molar-refractivity contribution in [3.63, 3.8) is 0 Å². The Kier molecular flexibility index (Phi) is 1.50. The van der Waals surface area contributed by atoms with Crippen LogP contribution in [0, 0.1) is 6.92 Å². The van der Waals surface area contributed by atoms with Gasteiger partial charge in [-0.15, -0.1) is 0 Å². The van der Waals surface area contributed by atoms with E-state index in [1.54, 1.807) is 30.3 Å². The molecular weight excluding hydrogens is 228 g/mol. The van der Waals surface area contributed by atoms with Crippen molar-refractivity contribution in [1.82, 2.24) is 0 Å². The van der Waals surface area contributed by atoms with Gasteiger partial charge in [-0.1, -0.05) is 69.9 Å². The standard InChI is InChI=1S/C19H24/c1-13(2)18-11-17(16-9-7-6-8-10-16)12-19(14(3)4)15(18)5/h6-14H,1-5H3/i1D3,2D3,3D3,4D3. The summed E-state index contributed by atoms with van der Waals surface area (Å²) < 4.78 is 93.9. The summed E-state index contributed by atoms with van der Waals surface area (Å²) in [6, 6.07) is 11.4. The van der Waals surface area contributed by atoms with Crippen LogP contribution >= 0.6 is 0 Å². The van der Waals surface area contributed by atoms with Crippen LogP contribution < -0.4 is 0 Å². The number of hydrogen-bond acceptors (Lipinski definition) is 0. The van der Waals surface area contributed by atoms with Gasteiger partial charge in [0.2, 0.25) is 0 Å². The zero-order valence-corrected chi connectivity index (χ0v) is 10.7. The molecule has 0 aliphatic heterocycles. The van der Waals surface area contributed by atoms with E-state index in [9.17, 15) is 0 Å². The summed E-state index contributed by atoms with van der Waals surface area (Å²) in [4.78, 5) is 0. The van der Waals surface area contributed by atoms with E-state index in [2.05, 4.69) is 0 Å². The molecule has 0 radical (unpaired) electrons. The van der Waals surface area contributed by atoms with E-state index in [-0.39, 0.29) is 16.7 Å². The van der Waals surface area contributed by atoms with E-state index in [1.807, 2.05) is 0 Å². The SMILES string of the molecule is [2H]C([2H])([2H])C(c1cc(-c2ccccc2)cc(C(C([2H])([2H])[2H])C([2H])([2H])[2H])c1C)C([2H])([2H])[2H]. The molecule has 0 heterocycles. The van der Waals surface area contributed by atoms with Crippen LogP contribution in [0.1, 0.15) is 72.4 Å². The Labute approximate surface area is 134 Å². The van der Waals surface area contributed by atoms with Crippen molar-refractivity contribution in [3.05, 3.63) is 59.2 Å². The van der Waals surface area contributed by atoms with Gasteiger partial charge >= 0.3 is 0 Å². The number of rotatable bonds is 3. The van der Waals surface area contributed by atoms with Crippen LogP contribution in [0.3, 0.4) is 0 Å². The zero-order chi connectivity index (χ0) is 24.0. The van der Waals surface area contributed by atoms with E-state index in [0.29, 0.717) is 11.1 Å². The largest absolute Gasteiger partial charge is 0.0622 e. The Balaban J connectivity index is 2.97. The molecule has 0 atom stereocenters. The molecule has 2 rings (SSSR count). The molecule has 100 valence electrons. The summed E-state index contributed by atoms with van der Waals surface area (Å²) in [6.07, 6.45) is 0. The van der Waals surface area contributed by atoms with Gasteiger partial charge in [0.05, 0.1) is 0 Å². The fraction of sp³-hybridized carbons (Fsp3) is 0.368. The van der Waals surface area contributed by atoms with Crippen LogP contribution in [0.5, 0.6) is 0 Å². The molecule has 0 aliphatic carbocycles. The lowest BCUT2D eigenvalue weighted by Gasteiger charge is -2.19. The first-order valence-electron chi connectivity index (χ1n) is 12.0. The predicted molar refractivity (Wildman–Crippen MR) is 84.8 cm³/mol. The molecule has 0 fully saturated rings. The highest BCUT2D eigenvalue weighted by atomic mass is 14.2. The molecule has 0 spiro atoms. The zero-order valence-electron chi connectivity index (χ0n) is 22.7. The molecular formula is C19H24. The Morgan fingerprint density at radius 3 is 1.79 bits per heavy atom. The van der Waals surface area contributed by atoms with E-state index in [4.69, 9.17) is 16.4 Å². The molecule has 0 amide bonds. The average molecular weight is 264 g/mol. The second kappa shape index (κ2) is 5.61. The van der Waals surface area contributed by atoms with Gasteiger partial charge in [-0.25, -0.2) is 0 Å². The topological polar surface area (TPSA) is 0 Å². The average Bonchev–Trinajstić information content (AvgIpc) is 2.54. The van der Waals surface area contributed by atoms with E-state index < -0.39 is 39.2 Å². The minimum absolute atomic E-state index is 0.0502. The van der Waals surface area contributed by atoms with Crippen molar-refractivity contribution in [3.8, 4) is 11.1 Å². The quantitative estimate of drug-likeness (QED) is 0.646. The highest BCUT2D eigenvalue weighted by molar-refractivity contribution is 5.66. The molecule has 2 aromatic carbocycles. The van der Waals surface area contributed by atoms with Gasteiger partial charge < -0.3 is 0 Å². The highest BCUT2D eigenvalue weighted by Crippen LogP contribution is 2.32. The van der Waals surface area contributed by atoms with E-state index >= 15 is 0 Å². The monoisotopic (exact) mass is 264 g/mol. The maximum absolute atomic E-state index is 7.83. The summed E-state index contributed by atoms with van der Waals surface area (Å²) in [6.45, 7) is -10.3. The fourth-order valence-corrected chi connectivity index (χ4v) is 2.16. The Morgan fingerprint density at radius 1 is 0.789 bits per heavy atom. The smallest absolute Gasteiger partial charge is 0.0236 e. The van der Waals surface area contributed by atoms with Crippen molar-refractivity contribution in [2.24, 2.45) is 0 Å². The van der Waals surface area contributed by atoms with Crippen molar-refractivity contribution in [2.75, 3.05) is 0 Å². The third kappa shape index (κ3) is 2.89. The summed E-state index contributed by atoms with van der Waals surface area (Å²) in [5.74, 6) is -3.81. The van der Waals surface area contributed by atoms with Crippen LogP contribution in [-0.2, 0) is 0 Å². The lowest BCUT2D eigenvalue weighted by atomic mass is 9.86. The highest BCUT2D eigenvalue weighted by Gasteiger charge is 2.13. The third-order valence-corrected chi connectivity index (χ3v) is 3.22. The minimum atomic E-state index is -2.92. The molecule has 0 aromatic heterocycles. The second-order valence-corrected chi connectivity index (χ2v) is 4.51. The summed E-state index contributed by atoms with van der Waals surface area (Å²) in [7, 11) is 0. The van der Waals surface area contributed by atoms with Crippen LogP contribution in [0.2, 0.25) is 0 Å². The van der Waals surface area contributed by atoms with E-state index in [0.717, 1.165) is 0 Å². The summed E-state index contributed by atoms with van der Waals surface area (Å²) in [5.41, 5.74) is 0.779. The molecule has 0 bridgehead atoms. The Bertz CT molecular complexity index is 820. The second-order valence-electron chi connectivity index (χ2n) is 4.51. The molecule has 0 saturated heterocycles. The third-order valence-electron chi connectivity index (χ3n) is 3.22. The lowest BCUT2D eigenvalue weighted by molar-refractivity contribution is 0.818. The molecule has 0 N–H and O–H groups in total. The van der Waals surface area contributed by atoms with Gasteiger partial charge in [0.1, 0.15) is 0 Å². The molecule has 0 unspecified atom stereocenters. The van der Waals surface area contributed by atoms with Crippen LogP contribution in [-0.4, -0.2) is 0 Å². The van der Waals surface area contributed by atoms with E-state index in [1.165, 1.54) is 19.1 Å². The molecule has 0 aliphatic rings. The molecule has 2 aromatic rings. The van der Waals surface area contributed by atoms with Crippen molar-refractivity contribution >= 4 is 0 Å². The summed E-state index contributed by atoms with van der Waals surface area (Å²) >= 11 is 0. The maximum atomic E-state index is 7.83. The fourth-order valence-electron chi connectivity index (χ4n) is 2.16. The number of benzene rings is 2.